The molecule has 4 unspecified atom stereocenters. The number of aromatic amines is 1. The maximum atomic E-state index is 13.4. The largest absolute Gasteiger partial charge is 0.340 e. The van der Waals surface area contributed by atoms with Crippen LogP contribution in [0.2, 0.25) is 0 Å². The summed E-state index contributed by atoms with van der Waals surface area (Å²) in [5.41, 5.74) is 10.8. The van der Waals surface area contributed by atoms with Gasteiger partial charge in [-0.25, -0.2) is 20.2 Å². The Morgan fingerprint density at radius 1 is 1.19 bits per heavy atom. The summed E-state index contributed by atoms with van der Waals surface area (Å²) in [4.78, 5) is 23.0. The molecule has 8 heteroatoms. The normalized spacial score (nSPS) is 31.5. The Bertz CT molecular complexity index is 838. The van der Waals surface area contributed by atoms with Crippen LogP contribution in [-0.4, -0.2) is 39.4 Å². The fourth-order valence-electron chi connectivity index (χ4n) is 4.66. The lowest BCUT2D eigenvalue weighted by molar-refractivity contribution is -0.138. The number of hydrogen-bond acceptors (Lipinski definition) is 5. The molecule has 1 amide bonds. The molecular formula is C18H23FN6O. The van der Waals surface area contributed by atoms with Crippen molar-refractivity contribution >= 4 is 16.9 Å². The highest BCUT2D eigenvalue weighted by Crippen LogP contribution is 2.35. The van der Waals surface area contributed by atoms with Crippen LogP contribution in [0.1, 0.15) is 44.0 Å². The maximum absolute atomic E-state index is 13.4. The van der Waals surface area contributed by atoms with Crippen LogP contribution in [0.25, 0.3) is 11.0 Å². The second kappa shape index (κ2) is 6.29. The van der Waals surface area contributed by atoms with Gasteiger partial charge in [0.2, 0.25) is 5.91 Å². The molecule has 0 bridgehead atoms. The molecule has 1 saturated carbocycles. The first-order valence-electron chi connectivity index (χ1n) is 9.41. The van der Waals surface area contributed by atoms with Crippen LogP contribution in [-0.2, 0) is 4.79 Å². The summed E-state index contributed by atoms with van der Waals surface area (Å²) >= 11 is 0. The Kier molecular flexibility index (Phi) is 3.91. The number of hydrazine groups is 2. The molecule has 1 aromatic carbocycles. The Morgan fingerprint density at radius 2 is 2.08 bits per heavy atom. The van der Waals surface area contributed by atoms with Gasteiger partial charge in [-0.05, 0) is 50.3 Å². The van der Waals surface area contributed by atoms with Crippen LogP contribution >= 0.6 is 0 Å². The number of amides is 1. The van der Waals surface area contributed by atoms with Crippen LogP contribution in [0.3, 0.4) is 0 Å². The molecule has 2 aromatic rings. The van der Waals surface area contributed by atoms with Gasteiger partial charge in [0.15, 0.2) is 0 Å². The van der Waals surface area contributed by atoms with Crippen molar-refractivity contribution in [2.75, 3.05) is 6.54 Å². The number of fused-ring (bicyclic) bond motifs is 2. The molecular weight excluding hydrogens is 335 g/mol. The number of benzene rings is 1. The van der Waals surface area contributed by atoms with E-state index < -0.39 is 0 Å². The molecule has 1 aliphatic carbocycles. The molecule has 3 fully saturated rings. The van der Waals surface area contributed by atoms with Gasteiger partial charge < -0.3 is 9.88 Å². The number of nitrogens with zero attached hydrogens (tertiary/aromatic N) is 2. The molecule has 4 N–H and O–H groups in total. The number of nitrogens with one attached hydrogen (secondary N) is 4. The minimum Gasteiger partial charge on any atom is -0.340 e. The minimum atomic E-state index is -0.282. The highest BCUT2D eigenvalue weighted by molar-refractivity contribution is 5.80. The number of rotatable bonds is 2. The predicted octanol–water partition coefficient (Wildman–Crippen LogP) is 1.52. The van der Waals surface area contributed by atoms with Gasteiger partial charge in [0.05, 0.1) is 17.1 Å². The molecule has 0 spiro atoms. The second-order valence-corrected chi connectivity index (χ2v) is 7.61. The quantitative estimate of drug-likeness (QED) is 0.654. The number of hydrogen-bond donors (Lipinski definition) is 4. The second-order valence-electron chi connectivity index (χ2n) is 7.61. The number of aromatic nitrogens is 2. The van der Waals surface area contributed by atoms with Gasteiger partial charge in [0, 0.05) is 24.5 Å². The Morgan fingerprint density at radius 3 is 3.00 bits per heavy atom. The standard InChI is InChI=1S/C18H23FN6O/c19-11-4-6-12-14(9-11)21-17(20-12)16-2-1-7-25(16)18(26)10-3-5-13-15(8-10)23-24-22-13/h4,6,9-10,13,15-16,22-24H,1-3,5,7-8H2,(H,20,21). The topological polar surface area (TPSA) is 85.1 Å². The van der Waals surface area contributed by atoms with Crippen molar-refractivity contribution < 1.29 is 9.18 Å². The number of halogens is 1. The molecule has 138 valence electrons. The number of imidazole rings is 1. The van der Waals surface area contributed by atoms with Crippen LogP contribution in [0.4, 0.5) is 4.39 Å². The fraction of sp³-hybridized carbons (Fsp3) is 0.556. The van der Waals surface area contributed by atoms with E-state index in [1.807, 2.05) is 4.90 Å². The van der Waals surface area contributed by atoms with Gasteiger partial charge in [-0.3, -0.25) is 4.79 Å². The summed E-state index contributed by atoms with van der Waals surface area (Å²) in [5.74, 6) is 0.765. The van der Waals surface area contributed by atoms with Crippen molar-refractivity contribution in [2.24, 2.45) is 5.92 Å². The molecule has 2 saturated heterocycles. The van der Waals surface area contributed by atoms with Gasteiger partial charge in [-0.2, -0.15) is 5.53 Å². The Balaban J connectivity index is 1.36. The van der Waals surface area contributed by atoms with Gasteiger partial charge >= 0.3 is 0 Å². The molecule has 1 aromatic heterocycles. The first-order chi connectivity index (χ1) is 12.7. The van der Waals surface area contributed by atoms with E-state index >= 15 is 0 Å². The first-order valence-corrected chi connectivity index (χ1v) is 9.41. The highest BCUT2D eigenvalue weighted by Gasteiger charge is 2.41. The van der Waals surface area contributed by atoms with Crippen molar-refractivity contribution in [2.45, 2.75) is 50.2 Å². The summed E-state index contributed by atoms with van der Waals surface area (Å²) in [5, 5.41) is 0. The average Bonchev–Trinajstić information content (AvgIpc) is 3.37. The van der Waals surface area contributed by atoms with Crippen LogP contribution in [0.5, 0.6) is 0 Å². The number of carbonyl (C=O) groups excluding carboxylic acids is 1. The lowest BCUT2D eigenvalue weighted by Gasteiger charge is -2.33. The fourth-order valence-corrected chi connectivity index (χ4v) is 4.66. The van der Waals surface area contributed by atoms with Gasteiger partial charge in [-0.1, -0.05) is 0 Å². The van der Waals surface area contributed by atoms with E-state index in [-0.39, 0.29) is 23.7 Å². The summed E-state index contributed by atoms with van der Waals surface area (Å²) < 4.78 is 13.4. The zero-order valence-corrected chi connectivity index (χ0v) is 14.5. The smallest absolute Gasteiger partial charge is 0.226 e. The van der Waals surface area contributed by atoms with Gasteiger partial charge in [0.25, 0.3) is 0 Å². The number of carbonyl (C=O) groups is 1. The Labute approximate surface area is 150 Å². The van der Waals surface area contributed by atoms with Crippen molar-refractivity contribution in [1.29, 1.82) is 0 Å². The summed E-state index contributed by atoms with van der Waals surface area (Å²) in [6.45, 7) is 0.767. The summed E-state index contributed by atoms with van der Waals surface area (Å²) in [6, 6.07) is 5.22. The number of likely N-dealkylation sites (tertiary alicyclic amines) is 1. The lowest BCUT2D eigenvalue weighted by Crippen LogP contribution is -2.45. The van der Waals surface area contributed by atoms with E-state index in [2.05, 4.69) is 26.4 Å². The molecule has 7 nitrogen and oxygen atoms in total. The highest BCUT2D eigenvalue weighted by atomic mass is 19.1. The molecule has 3 heterocycles. The van der Waals surface area contributed by atoms with E-state index in [9.17, 15) is 9.18 Å². The van der Waals surface area contributed by atoms with Crippen molar-refractivity contribution in [3.8, 4) is 0 Å². The third kappa shape index (κ3) is 2.69. The Hall–Kier alpha value is -2.03. The minimum absolute atomic E-state index is 0.0385. The van der Waals surface area contributed by atoms with Crippen LogP contribution in [0.15, 0.2) is 18.2 Å². The lowest BCUT2D eigenvalue weighted by atomic mass is 9.82. The van der Waals surface area contributed by atoms with Crippen molar-refractivity contribution in [1.82, 2.24) is 31.3 Å². The summed E-state index contributed by atoms with van der Waals surface area (Å²) in [7, 11) is 0. The third-order valence-electron chi connectivity index (χ3n) is 6.03. The SMILES string of the molecule is O=C(C1CCC2NNNC2C1)N1CCCC1c1nc2ccc(F)cc2[nH]1. The van der Waals surface area contributed by atoms with Crippen LogP contribution < -0.4 is 16.4 Å². The number of H-pyrrole nitrogens is 1. The van der Waals surface area contributed by atoms with Crippen molar-refractivity contribution in [3.05, 3.63) is 29.8 Å². The first kappa shape index (κ1) is 16.2. The average molecular weight is 358 g/mol. The van der Waals surface area contributed by atoms with Gasteiger partial charge in [0.1, 0.15) is 11.6 Å². The third-order valence-corrected chi connectivity index (χ3v) is 6.03. The van der Waals surface area contributed by atoms with E-state index in [4.69, 9.17) is 0 Å². The molecule has 5 rings (SSSR count). The van der Waals surface area contributed by atoms with E-state index in [0.717, 1.165) is 50.0 Å². The van der Waals surface area contributed by atoms with E-state index in [1.165, 1.54) is 12.1 Å². The molecule has 2 aliphatic heterocycles. The monoisotopic (exact) mass is 358 g/mol. The molecule has 4 atom stereocenters. The molecule has 26 heavy (non-hydrogen) atoms. The molecule has 3 aliphatic rings. The van der Waals surface area contributed by atoms with E-state index in [1.54, 1.807) is 6.07 Å². The zero-order valence-electron chi connectivity index (χ0n) is 14.5. The van der Waals surface area contributed by atoms with Crippen LogP contribution in [0, 0.1) is 11.7 Å². The zero-order chi connectivity index (χ0) is 17.7. The predicted molar refractivity (Wildman–Crippen MR) is 94.1 cm³/mol. The van der Waals surface area contributed by atoms with E-state index in [0.29, 0.717) is 17.6 Å². The molecule has 0 radical (unpaired) electrons. The summed E-state index contributed by atoms with van der Waals surface area (Å²) in [6.07, 6.45) is 4.61. The van der Waals surface area contributed by atoms with Gasteiger partial charge in [-0.15, -0.1) is 0 Å². The van der Waals surface area contributed by atoms with Crippen molar-refractivity contribution in [3.63, 3.8) is 0 Å². The maximum Gasteiger partial charge on any atom is 0.226 e.